The van der Waals surface area contributed by atoms with Gasteiger partial charge in [0.15, 0.2) is 11.5 Å². The molecule has 0 unspecified atom stereocenters. The smallest absolute Gasteiger partial charge is 0.277 e. The van der Waals surface area contributed by atoms with Crippen LogP contribution in [0.5, 0.6) is 0 Å². The van der Waals surface area contributed by atoms with Gasteiger partial charge in [-0.05, 0) is 18.2 Å². The Morgan fingerprint density at radius 3 is 2.88 bits per heavy atom. The van der Waals surface area contributed by atoms with Crippen LogP contribution in [0, 0.1) is 0 Å². The van der Waals surface area contributed by atoms with Crippen LogP contribution >= 0.6 is 0 Å². The number of carbonyl (C=O) groups excluding carboxylic acids is 1. The van der Waals surface area contributed by atoms with Crippen molar-refractivity contribution in [3.05, 3.63) is 41.8 Å². The molecular formula is C14H18N4O5S. The van der Waals surface area contributed by atoms with Gasteiger partial charge in [0.25, 0.3) is 5.91 Å². The number of amides is 1. The third-order valence-corrected chi connectivity index (χ3v) is 4.38. The molecule has 0 saturated heterocycles. The Labute approximate surface area is 139 Å². The lowest BCUT2D eigenvalue weighted by atomic mass is 10.3. The van der Waals surface area contributed by atoms with Crippen molar-refractivity contribution in [3.8, 4) is 0 Å². The highest BCUT2D eigenvalue weighted by molar-refractivity contribution is 7.89. The number of sulfonamides is 1. The summed E-state index contributed by atoms with van der Waals surface area (Å²) in [5, 5.41) is 6.19. The summed E-state index contributed by atoms with van der Waals surface area (Å²) in [6.45, 7) is 0.507. The van der Waals surface area contributed by atoms with Gasteiger partial charge in [-0.1, -0.05) is 11.2 Å². The van der Waals surface area contributed by atoms with E-state index in [1.54, 1.807) is 6.07 Å². The number of aromatic nitrogens is 1. The van der Waals surface area contributed by atoms with Crippen LogP contribution in [-0.4, -0.2) is 39.7 Å². The lowest BCUT2D eigenvalue weighted by molar-refractivity contribution is 0.101. The molecule has 0 fully saturated rings. The van der Waals surface area contributed by atoms with Crippen molar-refractivity contribution in [1.82, 2.24) is 9.88 Å². The number of ether oxygens (including phenoxy) is 1. The number of methoxy groups -OCH3 is 1. The van der Waals surface area contributed by atoms with Crippen LogP contribution < -0.4 is 15.8 Å². The Balaban J connectivity index is 2.12. The van der Waals surface area contributed by atoms with Crippen molar-refractivity contribution in [2.45, 2.75) is 11.5 Å². The molecular weight excluding hydrogens is 336 g/mol. The summed E-state index contributed by atoms with van der Waals surface area (Å²) in [4.78, 5) is 12.1. The van der Waals surface area contributed by atoms with Gasteiger partial charge in [0.05, 0.1) is 4.90 Å². The maximum atomic E-state index is 12.1. The summed E-state index contributed by atoms with van der Waals surface area (Å²) in [7, 11) is -2.19. The van der Waals surface area contributed by atoms with Crippen molar-refractivity contribution in [1.29, 1.82) is 0 Å². The third-order valence-electron chi connectivity index (χ3n) is 2.92. The van der Waals surface area contributed by atoms with Crippen molar-refractivity contribution in [3.63, 3.8) is 0 Å². The SMILES string of the molecule is COCc1cc(C(=O)Nc2cccc(S(=O)(=O)NCCN)c2)no1. The zero-order valence-electron chi connectivity index (χ0n) is 13.0. The second-order valence-electron chi connectivity index (χ2n) is 4.78. The molecule has 0 bridgehead atoms. The van der Waals surface area contributed by atoms with Crippen molar-refractivity contribution in [2.24, 2.45) is 5.73 Å². The first kappa shape index (κ1) is 18.1. The van der Waals surface area contributed by atoms with Gasteiger partial charge in [-0.15, -0.1) is 0 Å². The second kappa shape index (κ2) is 8.02. The van der Waals surface area contributed by atoms with Crippen LogP contribution in [0.15, 0.2) is 39.8 Å². The molecule has 0 atom stereocenters. The molecule has 1 heterocycles. The summed E-state index contributed by atoms with van der Waals surface area (Å²) in [6.07, 6.45) is 0. The normalized spacial score (nSPS) is 11.4. The van der Waals surface area contributed by atoms with E-state index in [1.807, 2.05) is 0 Å². The molecule has 0 saturated carbocycles. The van der Waals surface area contributed by atoms with E-state index in [-0.39, 0.29) is 30.3 Å². The highest BCUT2D eigenvalue weighted by Gasteiger charge is 2.16. The summed E-state index contributed by atoms with van der Waals surface area (Å²) in [5.41, 5.74) is 5.67. The van der Waals surface area contributed by atoms with E-state index in [4.69, 9.17) is 15.0 Å². The summed E-state index contributed by atoms with van der Waals surface area (Å²) < 4.78 is 36.3. The first-order valence-corrected chi connectivity index (χ1v) is 8.50. The Kier molecular flexibility index (Phi) is 6.04. The number of nitrogens with two attached hydrogens (primary N) is 1. The molecule has 2 rings (SSSR count). The minimum Gasteiger partial charge on any atom is -0.377 e. The standard InChI is InChI=1S/C14H18N4O5S/c1-22-9-11-8-13(18-23-11)14(19)17-10-3-2-4-12(7-10)24(20,21)16-6-5-15/h2-4,7-8,16H,5-6,9,15H2,1H3,(H,17,19). The Hall–Kier alpha value is -2.27. The fourth-order valence-corrected chi connectivity index (χ4v) is 2.94. The molecule has 24 heavy (non-hydrogen) atoms. The van der Waals surface area contributed by atoms with Gasteiger partial charge in [-0.2, -0.15) is 0 Å². The minimum absolute atomic E-state index is 0.0222. The van der Waals surface area contributed by atoms with Crippen molar-refractivity contribution >= 4 is 21.6 Å². The average Bonchev–Trinajstić information content (AvgIpc) is 3.02. The monoisotopic (exact) mass is 354 g/mol. The van der Waals surface area contributed by atoms with Gasteiger partial charge in [0, 0.05) is 32.0 Å². The molecule has 9 nitrogen and oxygen atoms in total. The number of hydrogen-bond donors (Lipinski definition) is 3. The molecule has 0 aliphatic rings. The number of nitrogens with one attached hydrogen (secondary N) is 2. The number of rotatable bonds is 8. The summed E-state index contributed by atoms with van der Waals surface area (Å²) >= 11 is 0. The fourth-order valence-electron chi connectivity index (χ4n) is 1.84. The van der Waals surface area contributed by atoms with Gasteiger partial charge < -0.3 is 20.3 Å². The Bertz CT molecular complexity index is 803. The van der Waals surface area contributed by atoms with Crippen LogP contribution in [0.1, 0.15) is 16.2 Å². The molecule has 1 aromatic carbocycles. The molecule has 0 aliphatic carbocycles. The van der Waals surface area contributed by atoms with Crippen molar-refractivity contribution < 1.29 is 22.5 Å². The van der Waals surface area contributed by atoms with E-state index in [0.29, 0.717) is 11.4 Å². The predicted octanol–water partition coefficient (Wildman–Crippen LogP) is 0.310. The van der Waals surface area contributed by atoms with Gasteiger partial charge in [-0.25, -0.2) is 13.1 Å². The van der Waals surface area contributed by atoms with E-state index in [1.165, 1.54) is 31.4 Å². The van der Waals surface area contributed by atoms with Crippen LogP contribution in [0.2, 0.25) is 0 Å². The zero-order valence-corrected chi connectivity index (χ0v) is 13.8. The predicted molar refractivity (Wildman–Crippen MR) is 85.9 cm³/mol. The van der Waals surface area contributed by atoms with E-state index in [9.17, 15) is 13.2 Å². The molecule has 130 valence electrons. The molecule has 10 heteroatoms. The molecule has 1 aromatic heterocycles. The molecule has 2 aromatic rings. The first-order chi connectivity index (χ1) is 11.5. The average molecular weight is 354 g/mol. The quantitative estimate of drug-likeness (QED) is 0.620. The number of carbonyl (C=O) groups is 1. The van der Waals surface area contributed by atoms with E-state index in [2.05, 4.69) is 15.2 Å². The number of nitrogens with zero attached hydrogens (tertiary/aromatic N) is 1. The second-order valence-corrected chi connectivity index (χ2v) is 6.55. The number of benzene rings is 1. The van der Waals surface area contributed by atoms with Crippen LogP contribution in [0.4, 0.5) is 5.69 Å². The highest BCUT2D eigenvalue weighted by Crippen LogP contribution is 2.16. The van der Waals surface area contributed by atoms with Crippen LogP contribution in [0.3, 0.4) is 0 Å². The molecule has 1 amide bonds. The van der Waals surface area contributed by atoms with Gasteiger partial charge in [-0.3, -0.25) is 4.79 Å². The maximum Gasteiger partial charge on any atom is 0.277 e. The van der Waals surface area contributed by atoms with Crippen molar-refractivity contribution in [2.75, 3.05) is 25.5 Å². The number of anilines is 1. The van der Waals surface area contributed by atoms with E-state index in [0.717, 1.165) is 0 Å². The summed E-state index contributed by atoms with van der Waals surface area (Å²) in [6, 6.07) is 7.29. The maximum absolute atomic E-state index is 12.1. The largest absolute Gasteiger partial charge is 0.377 e. The van der Waals surface area contributed by atoms with Gasteiger partial charge in [0.1, 0.15) is 6.61 Å². The lowest BCUT2D eigenvalue weighted by Crippen LogP contribution is -2.29. The topological polar surface area (TPSA) is 137 Å². The number of hydrogen-bond acceptors (Lipinski definition) is 7. The van der Waals surface area contributed by atoms with E-state index < -0.39 is 15.9 Å². The van der Waals surface area contributed by atoms with Gasteiger partial charge in [0.2, 0.25) is 10.0 Å². The molecule has 0 spiro atoms. The summed E-state index contributed by atoms with van der Waals surface area (Å²) in [5.74, 6) is -0.115. The zero-order chi connectivity index (χ0) is 17.6. The Morgan fingerprint density at radius 2 is 2.17 bits per heavy atom. The van der Waals surface area contributed by atoms with E-state index >= 15 is 0 Å². The highest BCUT2D eigenvalue weighted by atomic mass is 32.2. The molecule has 4 N–H and O–H groups in total. The lowest BCUT2D eigenvalue weighted by Gasteiger charge is -2.08. The van der Waals surface area contributed by atoms with Gasteiger partial charge >= 0.3 is 0 Å². The minimum atomic E-state index is -3.68. The third kappa shape index (κ3) is 4.61. The first-order valence-electron chi connectivity index (χ1n) is 7.02. The van der Waals surface area contributed by atoms with Crippen LogP contribution in [-0.2, 0) is 21.4 Å². The molecule has 0 radical (unpaired) electrons. The molecule has 0 aliphatic heterocycles. The Morgan fingerprint density at radius 1 is 1.38 bits per heavy atom. The fraction of sp³-hybridized carbons (Fsp3) is 0.286. The van der Waals surface area contributed by atoms with Crippen LogP contribution in [0.25, 0.3) is 0 Å².